The van der Waals surface area contributed by atoms with Crippen LogP contribution >= 0.6 is 21.6 Å². The van der Waals surface area contributed by atoms with Gasteiger partial charge in [-0.05, 0) is 12.8 Å². The standard InChI is InChI=1S/C20H32N4O10S2/c1-2-3-5-14(25)23-12(19(33)21-8-17(29)30)10-35-36-11-13(20(34)22-9-18(31)32)24-15(26)6-4-7-16(27)28/h12-13H,2-11H2,1H3,(H,21,33)(H,22,34)(H,23,25)(H,24,26)(H,27,28)(H,29,30)(H,31,32). The first kappa shape index (κ1) is 33.0. The molecule has 36 heavy (non-hydrogen) atoms. The van der Waals surface area contributed by atoms with Crippen LogP contribution < -0.4 is 21.3 Å². The van der Waals surface area contributed by atoms with Crippen LogP contribution in [0.4, 0.5) is 0 Å². The maximum absolute atomic E-state index is 12.3. The molecule has 16 heteroatoms. The first-order valence-corrected chi connectivity index (χ1v) is 13.5. The minimum Gasteiger partial charge on any atom is -0.481 e. The van der Waals surface area contributed by atoms with E-state index in [1.807, 2.05) is 6.92 Å². The number of nitrogens with one attached hydrogen (secondary N) is 4. The van der Waals surface area contributed by atoms with Gasteiger partial charge in [0.2, 0.25) is 23.6 Å². The molecular formula is C20H32N4O10S2. The summed E-state index contributed by atoms with van der Waals surface area (Å²) in [5.74, 6) is -6.06. The van der Waals surface area contributed by atoms with Gasteiger partial charge in [0.1, 0.15) is 25.2 Å². The molecule has 0 aliphatic carbocycles. The third-order valence-electron chi connectivity index (χ3n) is 4.24. The van der Waals surface area contributed by atoms with E-state index in [4.69, 9.17) is 15.3 Å². The summed E-state index contributed by atoms with van der Waals surface area (Å²) >= 11 is 0. The third-order valence-corrected chi connectivity index (χ3v) is 6.66. The highest BCUT2D eigenvalue weighted by atomic mass is 33.1. The SMILES string of the molecule is CCCCC(=O)NC(CSSCC(NC(=O)CCCC(=O)O)C(=O)NCC(=O)O)C(=O)NCC(=O)O. The summed E-state index contributed by atoms with van der Waals surface area (Å²) in [6, 6.07) is -2.19. The lowest BCUT2D eigenvalue weighted by Gasteiger charge is -2.19. The number of carboxylic acids is 3. The number of rotatable bonds is 20. The van der Waals surface area contributed by atoms with E-state index in [9.17, 15) is 33.6 Å². The van der Waals surface area contributed by atoms with Crippen LogP contribution in [-0.4, -0.2) is 93.5 Å². The molecule has 204 valence electrons. The third kappa shape index (κ3) is 17.4. The molecule has 0 saturated heterocycles. The molecule has 2 unspecified atom stereocenters. The van der Waals surface area contributed by atoms with Gasteiger partial charge in [0, 0.05) is 30.8 Å². The van der Waals surface area contributed by atoms with Crippen LogP contribution in [0.3, 0.4) is 0 Å². The fraction of sp³-hybridized carbons (Fsp3) is 0.650. The zero-order valence-electron chi connectivity index (χ0n) is 19.7. The molecule has 0 bridgehead atoms. The Morgan fingerprint density at radius 2 is 1.06 bits per heavy atom. The van der Waals surface area contributed by atoms with Crippen molar-refractivity contribution < 1.29 is 48.9 Å². The fourth-order valence-electron chi connectivity index (χ4n) is 2.44. The van der Waals surface area contributed by atoms with E-state index in [0.717, 1.165) is 28.0 Å². The van der Waals surface area contributed by atoms with Gasteiger partial charge in [-0.1, -0.05) is 34.9 Å². The molecule has 0 aliphatic heterocycles. The highest BCUT2D eigenvalue weighted by Gasteiger charge is 2.24. The van der Waals surface area contributed by atoms with Crippen LogP contribution in [-0.2, 0) is 33.6 Å². The van der Waals surface area contributed by atoms with Crippen LogP contribution in [0.2, 0.25) is 0 Å². The van der Waals surface area contributed by atoms with Gasteiger partial charge in [-0.2, -0.15) is 0 Å². The molecule has 0 aromatic rings. The molecule has 0 fully saturated rings. The Kier molecular flexibility index (Phi) is 17.6. The molecule has 4 amide bonds. The molecular weight excluding hydrogens is 520 g/mol. The summed E-state index contributed by atoms with van der Waals surface area (Å²) in [6.07, 6.45) is 1.23. The highest BCUT2D eigenvalue weighted by molar-refractivity contribution is 8.76. The summed E-state index contributed by atoms with van der Waals surface area (Å²) in [7, 11) is 2.14. The molecule has 14 nitrogen and oxygen atoms in total. The van der Waals surface area contributed by atoms with E-state index in [1.54, 1.807) is 0 Å². The molecule has 0 aromatic carbocycles. The Morgan fingerprint density at radius 3 is 1.42 bits per heavy atom. The van der Waals surface area contributed by atoms with E-state index >= 15 is 0 Å². The summed E-state index contributed by atoms with van der Waals surface area (Å²) in [6.45, 7) is 0.597. The number of carbonyl (C=O) groups excluding carboxylic acids is 4. The van der Waals surface area contributed by atoms with Gasteiger partial charge >= 0.3 is 17.9 Å². The van der Waals surface area contributed by atoms with E-state index in [2.05, 4.69) is 21.3 Å². The number of unbranched alkanes of at least 4 members (excludes halogenated alkanes) is 1. The summed E-state index contributed by atoms with van der Waals surface area (Å²) < 4.78 is 0. The minimum absolute atomic E-state index is 0.0179. The second-order valence-electron chi connectivity index (χ2n) is 7.38. The van der Waals surface area contributed by atoms with Crippen molar-refractivity contribution in [3.05, 3.63) is 0 Å². The van der Waals surface area contributed by atoms with Gasteiger partial charge in [-0.25, -0.2) is 0 Å². The van der Waals surface area contributed by atoms with E-state index < -0.39 is 60.8 Å². The smallest absolute Gasteiger partial charge is 0.322 e. The number of hydrogen-bond acceptors (Lipinski definition) is 9. The van der Waals surface area contributed by atoms with Gasteiger partial charge in [0.15, 0.2) is 0 Å². The Hall–Kier alpha value is -3.01. The normalized spacial score (nSPS) is 12.0. The Bertz CT molecular complexity index is 796. The largest absolute Gasteiger partial charge is 0.481 e. The fourth-order valence-corrected chi connectivity index (χ4v) is 4.77. The van der Waals surface area contributed by atoms with Gasteiger partial charge in [0.25, 0.3) is 0 Å². The van der Waals surface area contributed by atoms with Gasteiger partial charge in [0.05, 0.1) is 0 Å². The van der Waals surface area contributed by atoms with E-state index in [-0.39, 0.29) is 43.1 Å². The molecule has 0 saturated carbocycles. The predicted molar refractivity (Wildman–Crippen MR) is 131 cm³/mol. The van der Waals surface area contributed by atoms with Gasteiger partial charge in [-0.15, -0.1) is 0 Å². The zero-order chi connectivity index (χ0) is 27.5. The first-order valence-electron chi connectivity index (χ1n) is 11.0. The highest BCUT2D eigenvalue weighted by Crippen LogP contribution is 2.23. The van der Waals surface area contributed by atoms with Crippen molar-refractivity contribution in [1.29, 1.82) is 0 Å². The van der Waals surface area contributed by atoms with Crippen LogP contribution in [0, 0.1) is 0 Å². The summed E-state index contributed by atoms with van der Waals surface area (Å²) in [5.41, 5.74) is 0. The van der Waals surface area contributed by atoms with Crippen molar-refractivity contribution in [3.8, 4) is 0 Å². The van der Waals surface area contributed by atoms with Crippen molar-refractivity contribution in [2.24, 2.45) is 0 Å². The molecule has 0 aromatic heterocycles. The average molecular weight is 553 g/mol. The van der Waals surface area contributed by atoms with Crippen molar-refractivity contribution in [2.45, 2.75) is 57.5 Å². The zero-order valence-corrected chi connectivity index (χ0v) is 21.4. The van der Waals surface area contributed by atoms with E-state index in [1.165, 1.54) is 0 Å². The maximum atomic E-state index is 12.3. The number of carboxylic acid groups (broad SMARTS) is 3. The van der Waals surface area contributed by atoms with Crippen LogP contribution in [0.1, 0.15) is 45.4 Å². The van der Waals surface area contributed by atoms with Crippen molar-refractivity contribution in [3.63, 3.8) is 0 Å². The molecule has 0 aliphatic rings. The lowest BCUT2D eigenvalue weighted by molar-refractivity contribution is -0.138. The topological polar surface area (TPSA) is 228 Å². The van der Waals surface area contributed by atoms with Gasteiger partial charge in [-0.3, -0.25) is 33.6 Å². The number of aliphatic carboxylic acids is 3. The summed E-state index contributed by atoms with van der Waals surface area (Å²) in [4.78, 5) is 80.8. The van der Waals surface area contributed by atoms with E-state index in [0.29, 0.717) is 6.42 Å². The van der Waals surface area contributed by atoms with Gasteiger partial charge < -0.3 is 36.6 Å². The van der Waals surface area contributed by atoms with Crippen LogP contribution in [0.25, 0.3) is 0 Å². The first-order chi connectivity index (χ1) is 17.0. The second-order valence-corrected chi connectivity index (χ2v) is 9.94. The molecule has 0 heterocycles. The predicted octanol–water partition coefficient (Wildman–Crippen LogP) is -0.816. The quantitative estimate of drug-likeness (QED) is 0.0726. The molecule has 2 atom stereocenters. The number of carbonyl (C=O) groups is 7. The monoisotopic (exact) mass is 552 g/mol. The summed E-state index contributed by atoms with van der Waals surface area (Å²) in [5, 5.41) is 35.5. The lowest BCUT2D eigenvalue weighted by Crippen LogP contribution is -2.49. The van der Waals surface area contributed by atoms with Crippen molar-refractivity contribution >= 4 is 63.1 Å². The number of hydrogen-bond donors (Lipinski definition) is 7. The van der Waals surface area contributed by atoms with Crippen LogP contribution in [0.5, 0.6) is 0 Å². The Labute approximate surface area is 215 Å². The Balaban J connectivity index is 5.00. The average Bonchev–Trinajstić information content (AvgIpc) is 2.80. The van der Waals surface area contributed by atoms with Crippen molar-refractivity contribution in [1.82, 2.24) is 21.3 Å². The van der Waals surface area contributed by atoms with Crippen molar-refractivity contribution in [2.75, 3.05) is 24.6 Å². The molecule has 0 radical (unpaired) electrons. The minimum atomic E-state index is -1.29. The molecule has 0 spiro atoms. The lowest BCUT2D eigenvalue weighted by atomic mass is 10.2. The van der Waals surface area contributed by atoms with Crippen LogP contribution in [0.15, 0.2) is 0 Å². The second kappa shape index (κ2) is 19.2. The number of amides is 4. The molecule has 0 rings (SSSR count). The molecule has 7 N–H and O–H groups in total. The Morgan fingerprint density at radius 1 is 0.639 bits per heavy atom. The maximum Gasteiger partial charge on any atom is 0.322 e.